The van der Waals surface area contributed by atoms with E-state index in [9.17, 15) is 18.0 Å². The van der Waals surface area contributed by atoms with Crippen LogP contribution in [0.4, 0.5) is 4.79 Å². The summed E-state index contributed by atoms with van der Waals surface area (Å²) in [6.45, 7) is -0.663. The average Bonchev–Trinajstić information content (AvgIpc) is 2.35. The summed E-state index contributed by atoms with van der Waals surface area (Å²) in [7, 11) is -3.96. The lowest BCUT2D eigenvalue weighted by Crippen LogP contribution is -2.40. The van der Waals surface area contributed by atoms with E-state index in [0.717, 1.165) is 5.41 Å². The van der Waals surface area contributed by atoms with Crippen LogP contribution >= 0.6 is 0 Å². The van der Waals surface area contributed by atoms with Crippen molar-refractivity contribution < 1.29 is 23.1 Å². The van der Waals surface area contributed by atoms with E-state index in [1.54, 1.807) is 35.1 Å². The number of rotatable bonds is 5. The summed E-state index contributed by atoms with van der Waals surface area (Å²) in [5.41, 5.74) is 0.652. The predicted octanol–water partition coefficient (Wildman–Crippen LogP) is 0.371. The van der Waals surface area contributed by atoms with Crippen LogP contribution in [0.3, 0.4) is 0 Å². The highest BCUT2D eigenvalue weighted by Gasteiger charge is 2.11. The SMILES string of the molecule is O=C(O)CNC(=O)NS(=O)(=O)/C=C/c1ccccc1. The summed E-state index contributed by atoms with van der Waals surface area (Å²) in [6, 6.07) is 7.54. The minimum atomic E-state index is -3.96. The highest BCUT2D eigenvalue weighted by atomic mass is 32.2. The van der Waals surface area contributed by atoms with Gasteiger partial charge in [0.05, 0.1) is 5.41 Å². The van der Waals surface area contributed by atoms with Gasteiger partial charge in [-0.15, -0.1) is 0 Å². The molecular weight excluding hydrogens is 272 g/mol. The lowest BCUT2D eigenvalue weighted by Gasteiger charge is -2.03. The third-order valence-electron chi connectivity index (χ3n) is 1.87. The van der Waals surface area contributed by atoms with E-state index in [1.165, 1.54) is 6.08 Å². The van der Waals surface area contributed by atoms with Gasteiger partial charge in [-0.1, -0.05) is 30.3 Å². The molecule has 0 aliphatic carbocycles. The van der Waals surface area contributed by atoms with E-state index in [2.05, 4.69) is 0 Å². The van der Waals surface area contributed by atoms with Crippen molar-refractivity contribution in [2.75, 3.05) is 6.54 Å². The third kappa shape index (κ3) is 6.22. The Hall–Kier alpha value is -2.35. The van der Waals surface area contributed by atoms with Gasteiger partial charge >= 0.3 is 12.0 Å². The number of aliphatic carboxylic acids is 1. The van der Waals surface area contributed by atoms with Crippen LogP contribution < -0.4 is 10.0 Å². The monoisotopic (exact) mass is 284 g/mol. The Kier molecular flexibility index (Phi) is 5.07. The lowest BCUT2D eigenvalue weighted by molar-refractivity contribution is -0.135. The van der Waals surface area contributed by atoms with Crippen LogP contribution in [-0.4, -0.2) is 32.1 Å². The maximum absolute atomic E-state index is 11.5. The van der Waals surface area contributed by atoms with E-state index in [0.29, 0.717) is 5.56 Å². The van der Waals surface area contributed by atoms with Crippen molar-refractivity contribution in [3.63, 3.8) is 0 Å². The Morgan fingerprint density at radius 1 is 1.21 bits per heavy atom. The van der Waals surface area contributed by atoms with Crippen molar-refractivity contribution in [3.8, 4) is 0 Å². The molecule has 0 saturated carbocycles. The third-order valence-corrected chi connectivity index (χ3v) is 2.84. The quantitative estimate of drug-likeness (QED) is 0.723. The number of benzene rings is 1. The van der Waals surface area contributed by atoms with Crippen molar-refractivity contribution in [3.05, 3.63) is 41.3 Å². The van der Waals surface area contributed by atoms with Crippen LogP contribution in [0.2, 0.25) is 0 Å². The molecule has 8 heteroatoms. The Labute approximate surface area is 110 Å². The van der Waals surface area contributed by atoms with Gasteiger partial charge in [-0.2, -0.15) is 0 Å². The largest absolute Gasteiger partial charge is 0.480 e. The van der Waals surface area contributed by atoms with Gasteiger partial charge in [0, 0.05) is 0 Å². The molecule has 0 aliphatic heterocycles. The number of carbonyl (C=O) groups excluding carboxylic acids is 1. The number of carbonyl (C=O) groups is 2. The fourth-order valence-corrected chi connectivity index (χ4v) is 1.82. The van der Waals surface area contributed by atoms with E-state index in [4.69, 9.17) is 5.11 Å². The standard InChI is InChI=1S/C11H12N2O5S/c14-10(15)8-12-11(16)13-19(17,18)7-6-9-4-2-1-3-5-9/h1-7H,8H2,(H,14,15)(H2,12,13,16)/b7-6+. The number of amides is 2. The zero-order chi connectivity index (χ0) is 14.3. The van der Waals surface area contributed by atoms with Gasteiger partial charge < -0.3 is 10.4 Å². The van der Waals surface area contributed by atoms with E-state index < -0.39 is 28.6 Å². The molecule has 2 amide bonds. The van der Waals surface area contributed by atoms with E-state index >= 15 is 0 Å². The van der Waals surface area contributed by atoms with Crippen molar-refractivity contribution in [1.29, 1.82) is 0 Å². The second-order valence-electron chi connectivity index (χ2n) is 3.44. The first-order chi connectivity index (χ1) is 8.89. The first-order valence-corrected chi connectivity index (χ1v) is 6.69. The van der Waals surface area contributed by atoms with Crippen LogP contribution in [0.25, 0.3) is 6.08 Å². The predicted molar refractivity (Wildman–Crippen MR) is 68.6 cm³/mol. The minimum absolute atomic E-state index is 0.652. The van der Waals surface area contributed by atoms with Crippen LogP contribution in [0.1, 0.15) is 5.56 Å². The highest BCUT2D eigenvalue weighted by Crippen LogP contribution is 2.02. The molecule has 0 saturated heterocycles. The topological polar surface area (TPSA) is 113 Å². The van der Waals surface area contributed by atoms with Crippen LogP contribution in [0, 0.1) is 0 Å². The zero-order valence-corrected chi connectivity index (χ0v) is 10.6. The van der Waals surface area contributed by atoms with Gasteiger partial charge in [0.25, 0.3) is 10.0 Å². The molecule has 0 radical (unpaired) electrons. The normalized spacial score (nSPS) is 11.2. The van der Waals surface area contributed by atoms with Crippen LogP contribution in [0.5, 0.6) is 0 Å². The Morgan fingerprint density at radius 3 is 2.42 bits per heavy atom. The first kappa shape index (κ1) is 14.7. The number of carboxylic acids is 1. The molecule has 102 valence electrons. The minimum Gasteiger partial charge on any atom is -0.480 e. The van der Waals surface area contributed by atoms with Gasteiger partial charge in [-0.05, 0) is 11.6 Å². The first-order valence-electron chi connectivity index (χ1n) is 5.14. The van der Waals surface area contributed by atoms with Crippen LogP contribution in [-0.2, 0) is 14.8 Å². The lowest BCUT2D eigenvalue weighted by atomic mass is 10.2. The van der Waals surface area contributed by atoms with Crippen molar-refractivity contribution in [2.24, 2.45) is 0 Å². The number of nitrogens with one attached hydrogen (secondary N) is 2. The fraction of sp³-hybridized carbons (Fsp3) is 0.0909. The second kappa shape index (κ2) is 6.55. The summed E-state index contributed by atoms with van der Waals surface area (Å²) in [6.07, 6.45) is 1.31. The molecule has 3 N–H and O–H groups in total. The molecule has 0 unspecified atom stereocenters. The second-order valence-corrected chi connectivity index (χ2v) is 5.00. The number of carboxylic acid groups (broad SMARTS) is 1. The summed E-state index contributed by atoms with van der Waals surface area (Å²) in [5.74, 6) is -1.27. The summed E-state index contributed by atoms with van der Waals surface area (Å²) < 4.78 is 24.6. The average molecular weight is 284 g/mol. The van der Waals surface area contributed by atoms with E-state index in [1.807, 2.05) is 5.32 Å². The molecule has 1 aromatic carbocycles. The summed E-state index contributed by atoms with van der Waals surface area (Å²) in [4.78, 5) is 21.2. The number of sulfonamides is 1. The maximum atomic E-state index is 11.5. The maximum Gasteiger partial charge on any atom is 0.329 e. The number of urea groups is 1. The molecule has 0 fully saturated rings. The molecule has 0 heterocycles. The van der Waals surface area contributed by atoms with Gasteiger partial charge in [-0.3, -0.25) is 4.79 Å². The molecule has 0 bridgehead atoms. The Morgan fingerprint density at radius 2 is 1.84 bits per heavy atom. The van der Waals surface area contributed by atoms with Gasteiger partial charge in [0.2, 0.25) is 0 Å². The molecule has 0 spiro atoms. The van der Waals surface area contributed by atoms with Gasteiger partial charge in [-0.25, -0.2) is 17.9 Å². The van der Waals surface area contributed by atoms with Crippen molar-refractivity contribution in [2.45, 2.75) is 0 Å². The van der Waals surface area contributed by atoms with E-state index in [-0.39, 0.29) is 0 Å². The molecule has 1 aromatic rings. The Bertz CT molecular complexity index is 580. The van der Waals surface area contributed by atoms with Gasteiger partial charge in [0.1, 0.15) is 6.54 Å². The van der Waals surface area contributed by atoms with Gasteiger partial charge in [0.15, 0.2) is 0 Å². The molecule has 1 rings (SSSR count). The highest BCUT2D eigenvalue weighted by molar-refractivity contribution is 7.93. The molecular formula is C11H12N2O5S. The molecule has 7 nitrogen and oxygen atoms in total. The molecule has 0 atom stereocenters. The number of hydrogen-bond acceptors (Lipinski definition) is 4. The van der Waals surface area contributed by atoms with Crippen molar-refractivity contribution >= 4 is 28.1 Å². The Balaban J connectivity index is 2.59. The fourth-order valence-electron chi connectivity index (χ4n) is 1.09. The summed E-state index contributed by atoms with van der Waals surface area (Å²) >= 11 is 0. The molecule has 0 aliphatic rings. The van der Waals surface area contributed by atoms with Crippen molar-refractivity contribution in [1.82, 2.24) is 10.0 Å². The zero-order valence-electron chi connectivity index (χ0n) is 9.74. The smallest absolute Gasteiger partial charge is 0.329 e. The summed E-state index contributed by atoms with van der Waals surface area (Å²) in [5, 5.41) is 11.0. The molecule has 19 heavy (non-hydrogen) atoms. The number of hydrogen-bond donors (Lipinski definition) is 3. The van der Waals surface area contributed by atoms with Crippen LogP contribution in [0.15, 0.2) is 35.7 Å². The molecule has 0 aromatic heterocycles.